The van der Waals surface area contributed by atoms with Crippen molar-refractivity contribution in [3.8, 4) is 0 Å². The van der Waals surface area contributed by atoms with Crippen molar-refractivity contribution < 1.29 is 14.3 Å². The molecule has 0 aliphatic rings. The van der Waals surface area contributed by atoms with Crippen LogP contribution in [0.5, 0.6) is 0 Å². The minimum atomic E-state index is -1.25. The Labute approximate surface area is 125 Å². The number of rotatable bonds is 5. The van der Waals surface area contributed by atoms with E-state index in [4.69, 9.17) is 16.7 Å². The van der Waals surface area contributed by atoms with Gasteiger partial charge in [-0.1, -0.05) is 35.9 Å². The minimum absolute atomic E-state index is 0.291. The lowest BCUT2D eigenvalue weighted by molar-refractivity contribution is 0.0692. The van der Waals surface area contributed by atoms with Gasteiger partial charge in [-0.25, -0.2) is 9.18 Å². The zero-order chi connectivity index (χ0) is 14.5. The lowest BCUT2D eigenvalue weighted by Gasteiger charge is -2.05. The van der Waals surface area contributed by atoms with Gasteiger partial charge in [-0.15, -0.1) is 0 Å². The van der Waals surface area contributed by atoms with Crippen LogP contribution in [0.1, 0.15) is 21.5 Å². The summed E-state index contributed by atoms with van der Waals surface area (Å²) >= 11 is 7.65. The van der Waals surface area contributed by atoms with Crippen molar-refractivity contribution in [3.05, 3.63) is 70.0 Å². The number of carboxylic acids is 1. The van der Waals surface area contributed by atoms with E-state index in [1.54, 1.807) is 17.8 Å². The van der Waals surface area contributed by atoms with Crippen LogP contribution in [0.3, 0.4) is 0 Å². The van der Waals surface area contributed by atoms with E-state index in [0.29, 0.717) is 10.8 Å². The van der Waals surface area contributed by atoms with Gasteiger partial charge in [0.25, 0.3) is 0 Å². The van der Waals surface area contributed by atoms with Crippen LogP contribution >= 0.6 is 23.4 Å². The van der Waals surface area contributed by atoms with Crippen molar-refractivity contribution >= 4 is 29.3 Å². The van der Waals surface area contributed by atoms with E-state index in [1.165, 1.54) is 12.1 Å². The molecule has 0 aliphatic carbocycles. The average Bonchev–Trinajstić information content (AvgIpc) is 2.42. The Hall–Kier alpha value is -1.52. The number of aromatic carboxylic acids is 1. The second-order valence-electron chi connectivity index (χ2n) is 4.20. The van der Waals surface area contributed by atoms with E-state index in [9.17, 15) is 9.18 Å². The maximum atomic E-state index is 13.3. The first-order valence-corrected chi connectivity index (χ1v) is 7.44. The summed E-state index contributed by atoms with van der Waals surface area (Å²) in [5, 5.41) is 9.58. The molecule has 2 nitrogen and oxygen atoms in total. The van der Waals surface area contributed by atoms with Crippen LogP contribution < -0.4 is 0 Å². The summed E-state index contributed by atoms with van der Waals surface area (Å²) < 4.78 is 13.3. The molecule has 0 saturated heterocycles. The number of halogens is 2. The van der Waals surface area contributed by atoms with Crippen LogP contribution in [0.25, 0.3) is 0 Å². The first kappa shape index (κ1) is 14.9. The fraction of sp³-hybridized carbons (Fsp3) is 0.133. The number of benzene rings is 2. The molecule has 0 aromatic heterocycles. The molecule has 0 fully saturated rings. The van der Waals surface area contributed by atoms with E-state index >= 15 is 0 Å². The van der Waals surface area contributed by atoms with Crippen LogP contribution in [-0.4, -0.2) is 11.1 Å². The molecule has 0 radical (unpaired) electrons. The molecule has 2 aromatic carbocycles. The van der Waals surface area contributed by atoms with Gasteiger partial charge in [0, 0.05) is 16.5 Å². The zero-order valence-electron chi connectivity index (χ0n) is 10.5. The first-order valence-electron chi connectivity index (χ1n) is 5.91. The Morgan fingerprint density at radius 2 is 1.95 bits per heavy atom. The Bertz CT molecular complexity index is 631. The molecule has 104 valence electrons. The highest BCUT2D eigenvalue weighted by molar-refractivity contribution is 7.97. The quantitative estimate of drug-likeness (QED) is 0.876. The Balaban J connectivity index is 2.00. The molecule has 0 atom stereocenters. The molecule has 0 aliphatic heterocycles. The molecule has 20 heavy (non-hydrogen) atoms. The van der Waals surface area contributed by atoms with E-state index in [2.05, 4.69) is 0 Å². The van der Waals surface area contributed by atoms with E-state index in [1.807, 2.05) is 24.3 Å². The molecule has 0 heterocycles. The Morgan fingerprint density at radius 1 is 1.20 bits per heavy atom. The third-order valence-corrected chi connectivity index (χ3v) is 4.17. The highest BCUT2D eigenvalue weighted by atomic mass is 35.5. The molecule has 5 heteroatoms. The van der Waals surface area contributed by atoms with Gasteiger partial charge in [-0.05, 0) is 29.3 Å². The second kappa shape index (κ2) is 6.77. The van der Waals surface area contributed by atoms with Gasteiger partial charge in [-0.3, -0.25) is 0 Å². The summed E-state index contributed by atoms with van der Waals surface area (Å²) in [5.74, 6) is -0.636. The van der Waals surface area contributed by atoms with Crippen molar-refractivity contribution in [2.24, 2.45) is 0 Å². The summed E-state index contributed by atoms with van der Waals surface area (Å²) in [5.41, 5.74) is 1.52. The summed E-state index contributed by atoms with van der Waals surface area (Å²) in [6.07, 6.45) is 0. The monoisotopic (exact) mass is 310 g/mol. The molecule has 0 bridgehead atoms. The van der Waals surface area contributed by atoms with Crippen molar-refractivity contribution in [1.82, 2.24) is 0 Å². The van der Waals surface area contributed by atoms with E-state index in [0.717, 1.165) is 16.9 Å². The van der Waals surface area contributed by atoms with Crippen LogP contribution in [-0.2, 0) is 11.5 Å². The normalized spacial score (nSPS) is 10.5. The zero-order valence-corrected chi connectivity index (χ0v) is 12.0. The van der Waals surface area contributed by atoms with Crippen LogP contribution in [0, 0.1) is 5.82 Å². The minimum Gasteiger partial charge on any atom is -0.478 e. The lowest BCUT2D eigenvalue weighted by Crippen LogP contribution is -2.01. The average molecular weight is 311 g/mol. The van der Waals surface area contributed by atoms with Crippen LogP contribution in [0.2, 0.25) is 5.02 Å². The first-order chi connectivity index (χ1) is 9.58. The molecular formula is C15H12ClFO2S. The van der Waals surface area contributed by atoms with Gasteiger partial charge in [-0.2, -0.15) is 11.8 Å². The number of carboxylic acid groups (broad SMARTS) is 1. The summed E-state index contributed by atoms with van der Waals surface area (Å²) in [6, 6.07) is 11.7. The number of carbonyl (C=O) groups is 1. The summed E-state index contributed by atoms with van der Waals surface area (Å²) in [7, 11) is 0. The maximum Gasteiger partial charge on any atom is 0.338 e. The second-order valence-corrected chi connectivity index (χ2v) is 5.60. The van der Waals surface area contributed by atoms with Crippen molar-refractivity contribution in [3.63, 3.8) is 0 Å². The van der Waals surface area contributed by atoms with E-state index < -0.39 is 11.8 Å². The highest BCUT2D eigenvalue weighted by Crippen LogP contribution is 2.24. The lowest BCUT2D eigenvalue weighted by atomic mass is 10.1. The Morgan fingerprint density at radius 3 is 2.65 bits per heavy atom. The number of hydrogen-bond acceptors (Lipinski definition) is 2. The summed E-state index contributed by atoms with van der Waals surface area (Å²) in [4.78, 5) is 10.8. The molecule has 1 N–H and O–H groups in total. The van der Waals surface area contributed by atoms with E-state index in [-0.39, 0.29) is 5.56 Å². The third kappa shape index (κ3) is 3.74. The maximum absolute atomic E-state index is 13.3. The van der Waals surface area contributed by atoms with Crippen LogP contribution in [0.15, 0.2) is 42.5 Å². The topological polar surface area (TPSA) is 37.3 Å². The molecule has 2 rings (SSSR count). The third-order valence-electron chi connectivity index (χ3n) is 2.75. The molecule has 0 saturated carbocycles. The molecule has 0 unspecified atom stereocenters. The van der Waals surface area contributed by atoms with Crippen molar-refractivity contribution in [2.75, 3.05) is 0 Å². The summed E-state index contributed by atoms with van der Waals surface area (Å²) in [6.45, 7) is 0. The fourth-order valence-electron chi connectivity index (χ4n) is 1.72. The predicted molar refractivity (Wildman–Crippen MR) is 79.8 cm³/mol. The smallest absolute Gasteiger partial charge is 0.338 e. The fourth-order valence-corrected chi connectivity index (χ4v) is 2.99. The largest absolute Gasteiger partial charge is 0.478 e. The van der Waals surface area contributed by atoms with Crippen molar-refractivity contribution in [2.45, 2.75) is 11.5 Å². The van der Waals surface area contributed by atoms with Gasteiger partial charge in [0.15, 0.2) is 0 Å². The van der Waals surface area contributed by atoms with Gasteiger partial charge in [0.2, 0.25) is 0 Å². The SMILES string of the molecule is O=C(O)c1cc(CSCc2ccccc2Cl)ccc1F. The molecule has 2 aromatic rings. The standard InChI is InChI=1S/C15H12ClFO2S/c16-13-4-2-1-3-11(13)9-20-8-10-5-6-14(17)12(7-10)15(18)19/h1-7H,8-9H2,(H,18,19). The molecule has 0 spiro atoms. The highest BCUT2D eigenvalue weighted by Gasteiger charge is 2.10. The van der Waals surface area contributed by atoms with Gasteiger partial charge >= 0.3 is 5.97 Å². The van der Waals surface area contributed by atoms with Gasteiger partial charge in [0.05, 0.1) is 5.56 Å². The van der Waals surface area contributed by atoms with Gasteiger partial charge < -0.3 is 5.11 Å². The molecular weight excluding hydrogens is 299 g/mol. The van der Waals surface area contributed by atoms with Crippen molar-refractivity contribution in [1.29, 1.82) is 0 Å². The number of thioether (sulfide) groups is 1. The number of hydrogen-bond donors (Lipinski definition) is 1. The van der Waals surface area contributed by atoms with Crippen LogP contribution in [0.4, 0.5) is 4.39 Å². The molecule has 0 amide bonds. The predicted octanol–water partition coefficient (Wildman–Crippen LogP) is 4.61. The Kier molecular flexibility index (Phi) is 5.04. The van der Waals surface area contributed by atoms with Gasteiger partial charge in [0.1, 0.15) is 5.82 Å².